The minimum atomic E-state index is 0.0865. The molecule has 0 unspecified atom stereocenters. The van der Waals surface area contributed by atoms with E-state index in [1.165, 1.54) is 0 Å². The van der Waals surface area contributed by atoms with Crippen LogP contribution in [0.1, 0.15) is 26.7 Å². The molecule has 1 aromatic carbocycles. The molecule has 4 nitrogen and oxygen atoms in total. The van der Waals surface area contributed by atoms with Crippen LogP contribution in [0.15, 0.2) is 24.3 Å². The molecular weight excluding hydrogens is 252 g/mol. The number of nitrogens with one attached hydrogen (secondary N) is 1. The lowest BCUT2D eigenvalue weighted by atomic mass is 9.97. The Labute approximate surface area is 121 Å². The Hall–Kier alpha value is -1.55. The molecule has 1 aliphatic heterocycles. The average molecular weight is 276 g/mol. The Morgan fingerprint density at radius 1 is 1.45 bits per heavy atom. The summed E-state index contributed by atoms with van der Waals surface area (Å²) in [5, 5.41) is 3.00. The number of rotatable bonds is 4. The largest absolute Gasteiger partial charge is 0.491 e. The van der Waals surface area contributed by atoms with Gasteiger partial charge < -0.3 is 15.0 Å². The maximum atomic E-state index is 12.3. The van der Waals surface area contributed by atoms with E-state index in [0.717, 1.165) is 37.4 Å². The Morgan fingerprint density at radius 2 is 2.25 bits per heavy atom. The molecule has 2 rings (SSSR count). The topological polar surface area (TPSA) is 41.6 Å². The van der Waals surface area contributed by atoms with Crippen molar-refractivity contribution in [3.05, 3.63) is 24.3 Å². The van der Waals surface area contributed by atoms with Crippen LogP contribution in [0.3, 0.4) is 0 Å². The molecule has 0 radical (unpaired) electrons. The van der Waals surface area contributed by atoms with Crippen molar-refractivity contribution in [3.8, 4) is 5.75 Å². The first-order valence-corrected chi connectivity index (χ1v) is 7.30. The first kappa shape index (κ1) is 14.9. The van der Waals surface area contributed by atoms with Crippen molar-refractivity contribution in [2.24, 2.45) is 5.92 Å². The summed E-state index contributed by atoms with van der Waals surface area (Å²) in [4.78, 5) is 14.5. The number of carbonyl (C=O) groups is 1. The van der Waals surface area contributed by atoms with E-state index in [-0.39, 0.29) is 17.9 Å². The lowest BCUT2D eigenvalue weighted by Crippen LogP contribution is -2.38. The molecule has 1 fully saturated rings. The molecular formula is C16H24N2O2. The van der Waals surface area contributed by atoms with Crippen LogP contribution in [0.2, 0.25) is 0 Å². The van der Waals surface area contributed by atoms with E-state index >= 15 is 0 Å². The van der Waals surface area contributed by atoms with Crippen LogP contribution in [0.5, 0.6) is 5.75 Å². The molecule has 0 bridgehead atoms. The number of likely N-dealkylation sites (tertiary alicyclic amines) is 1. The molecule has 1 atom stereocenters. The van der Waals surface area contributed by atoms with Crippen molar-refractivity contribution >= 4 is 11.6 Å². The molecule has 1 amide bonds. The van der Waals surface area contributed by atoms with Gasteiger partial charge in [0.05, 0.1) is 12.0 Å². The van der Waals surface area contributed by atoms with E-state index < -0.39 is 0 Å². The van der Waals surface area contributed by atoms with Gasteiger partial charge in [-0.3, -0.25) is 4.79 Å². The molecule has 1 aromatic rings. The van der Waals surface area contributed by atoms with Crippen LogP contribution < -0.4 is 10.1 Å². The highest BCUT2D eigenvalue weighted by atomic mass is 16.5. The number of hydrogen-bond acceptors (Lipinski definition) is 3. The minimum absolute atomic E-state index is 0.0865. The number of ether oxygens (including phenoxy) is 1. The second kappa shape index (κ2) is 6.75. The number of benzene rings is 1. The molecule has 1 saturated heterocycles. The second-order valence-corrected chi connectivity index (χ2v) is 5.79. The lowest BCUT2D eigenvalue weighted by Gasteiger charge is -2.28. The van der Waals surface area contributed by atoms with E-state index in [1.807, 2.05) is 38.1 Å². The van der Waals surface area contributed by atoms with E-state index in [2.05, 4.69) is 17.3 Å². The van der Waals surface area contributed by atoms with Gasteiger partial charge in [0.2, 0.25) is 5.91 Å². The highest BCUT2D eigenvalue weighted by Crippen LogP contribution is 2.21. The Kier molecular flexibility index (Phi) is 5.01. The molecule has 1 aliphatic rings. The van der Waals surface area contributed by atoms with Gasteiger partial charge in [0.25, 0.3) is 0 Å². The van der Waals surface area contributed by atoms with Crippen LogP contribution in [-0.2, 0) is 4.79 Å². The quantitative estimate of drug-likeness (QED) is 0.919. The number of amides is 1. The molecule has 0 saturated carbocycles. The van der Waals surface area contributed by atoms with Crippen molar-refractivity contribution in [3.63, 3.8) is 0 Å². The molecule has 110 valence electrons. The number of carbonyl (C=O) groups excluding carboxylic acids is 1. The van der Waals surface area contributed by atoms with E-state index in [4.69, 9.17) is 4.74 Å². The number of hydrogen-bond donors (Lipinski definition) is 1. The van der Waals surface area contributed by atoms with Crippen LogP contribution in [0.4, 0.5) is 5.69 Å². The van der Waals surface area contributed by atoms with Gasteiger partial charge in [0.1, 0.15) is 5.75 Å². The van der Waals surface area contributed by atoms with Gasteiger partial charge in [-0.05, 0) is 52.4 Å². The number of piperidine rings is 1. The molecule has 20 heavy (non-hydrogen) atoms. The van der Waals surface area contributed by atoms with E-state index in [0.29, 0.717) is 0 Å². The molecule has 0 aliphatic carbocycles. The summed E-state index contributed by atoms with van der Waals surface area (Å²) in [5.74, 6) is 0.986. The van der Waals surface area contributed by atoms with Crippen LogP contribution in [0.25, 0.3) is 0 Å². The fourth-order valence-electron chi connectivity index (χ4n) is 2.54. The predicted octanol–water partition coefficient (Wildman–Crippen LogP) is 2.75. The summed E-state index contributed by atoms with van der Waals surface area (Å²) < 4.78 is 5.64. The van der Waals surface area contributed by atoms with Crippen molar-refractivity contribution < 1.29 is 9.53 Å². The van der Waals surface area contributed by atoms with Crippen molar-refractivity contribution in [2.75, 3.05) is 25.5 Å². The number of anilines is 1. The second-order valence-electron chi connectivity index (χ2n) is 5.79. The van der Waals surface area contributed by atoms with Crippen molar-refractivity contribution in [1.29, 1.82) is 0 Å². The Balaban J connectivity index is 1.96. The summed E-state index contributed by atoms with van der Waals surface area (Å²) in [5.41, 5.74) is 0.807. The molecule has 0 spiro atoms. The Bertz CT molecular complexity index is 460. The summed E-state index contributed by atoms with van der Waals surface area (Å²) >= 11 is 0. The SMILES string of the molecule is CC(C)Oc1cccc(NC(=O)[C@H]2CCCN(C)C2)c1. The maximum Gasteiger partial charge on any atom is 0.228 e. The third-order valence-corrected chi connectivity index (χ3v) is 3.47. The first-order valence-electron chi connectivity index (χ1n) is 7.30. The molecule has 1 N–H and O–H groups in total. The van der Waals surface area contributed by atoms with Gasteiger partial charge in [0, 0.05) is 18.3 Å². The van der Waals surface area contributed by atoms with Crippen LogP contribution in [0, 0.1) is 5.92 Å². The minimum Gasteiger partial charge on any atom is -0.491 e. The first-order chi connectivity index (χ1) is 9.54. The summed E-state index contributed by atoms with van der Waals surface area (Å²) in [6, 6.07) is 7.59. The molecule has 1 heterocycles. The van der Waals surface area contributed by atoms with Crippen LogP contribution in [-0.4, -0.2) is 37.0 Å². The highest BCUT2D eigenvalue weighted by Gasteiger charge is 2.23. The van der Waals surface area contributed by atoms with Gasteiger partial charge in [0.15, 0.2) is 0 Å². The fourth-order valence-corrected chi connectivity index (χ4v) is 2.54. The zero-order valence-electron chi connectivity index (χ0n) is 12.6. The van der Waals surface area contributed by atoms with Gasteiger partial charge in [-0.1, -0.05) is 6.07 Å². The standard InChI is InChI=1S/C16H24N2O2/c1-12(2)20-15-8-4-7-14(10-15)17-16(19)13-6-5-9-18(3)11-13/h4,7-8,10,12-13H,5-6,9,11H2,1-3H3,(H,17,19)/t13-/m0/s1. The Morgan fingerprint density at radius 3 is 2.95 bits per heavy atom. The maximum absolute atomic E-state index is 12.3. The summed E-state index contributed by atoms with van der Waals surface area (Å²) in [6.45, 7) is 5.90. The number of nitrogens with zero attached hydrogens (tertiary/aromatic N) is 1. The lowest BCUT2D eigenvalue weighted by molar-refractivity contribution is -0.121. The van der Waals surface area contributed by atoms with Gasteiger partial charge in [-0.15, -0.1) is 0 Å². The molecule has 0 aromatic heterocycles. The van der Waals surface area contributed by atoms with Crippen LogP contribution >= 0.6 is 0 Å². The highest BCUT2D eigenvalue weighted by molar-refractivity contribution is 5.92. The van der Waals surface area contributed by atoms with Gasteiger partial charge in [-0.2, -0.15) is 0 Å². The summed E-state index contributed by atoms with van der Waals surface area (Å²) in [7, 11) is 2.07. The van der Waals surface area contributed by atoms with E-state index in [1.54, 1.807) is 0 Å². The third-order valence-electron chi connectivity index (χ3n) is 3.47. The normalized spacial score (nSPS) is 19.9. The van der Waals surface area contributed by atoms with Crippen molar-refractivity contribution in [1.82, 2.24) is 4.90 Å². The molecule has 4 heteroatoms. The average Bonchev–Trinajstić information content (AvgIpc) is 2.38. The zero-order chi connectivity index (χ0) is 14.5. The smallest absolute Gasteiger partial charge is 0.228 e. The van der Waals surface area contributed by atoms with E-state index in [9.17, 15) is 4.79 Å². The van der Waals surface area contributed by atoms with Crippen molar-refractivity contribution in [2.45, 2.75) is 32.8 Å². The fraction of sp³-hybridized carbons (Fsp3) is 0.562. The predicted molar refractivity (Wildman–Crippen MR) is 81.1 cm³/mol. The van der Waals surface area contributed by atoms with Gasteiger partial charge in [-0.25, -0.2) is 0 Å². The van der Waals surface area contributed by atoms with Gasteiger partial charge >= 0.3 is 0 Å². The monoisotopic (exact) mass is 276 g/mol. The summed E-state index contributed by atoms with van der Waals surface area (Å²) in [6.07, 6.45) is 2.19. The third kappa shape index (κ3) is 4.23. The zero-order valence-corrected chi connectivity index (χ0v) is 12.6.